The van der Waals surface area contributed by atoms with Gasteiger partial charge in [-0.2, -0.15) is 0 Å². The topological polar surface area (TPSA) is 105 Å². The summed E-state index contributed by atoms with van der Waals surface area (Å²) in [7, 11) is 0. The molecule has 0 radical (unpaired) electrons. The lowest BCUT2D eigenvalue weighted by Crippen LogP contribution is -2.35. The Hall–Kier alpha value is -3.35. The van der Waals surface area contributed by atoms with E-state index in [0.29, 0.717) is 5.69 Å². The van der Waals surface area contributed by atoms with Crippen LogP contribution in [0.4, 0.5) is 5.69 Å². The van der Waals surface area contributed by atoms with E-state index in [0.717, 1.165) is 11.1 Å². The summed E-state index contributed by atoms with van der Waals surface area (Å²) < 4.78 is 4.81. The van der Waals surface area contributed by atoms with E-state index in [-0.39, 0.29) is 23.8 Å². The number of nitrogens with one attached hydrogen (secondary N) is 2. The van der Waals surface area contributed by atoms with Crippen molar-refractivity contribution >= 4 is 23.5 Å². The van der Waals surface area contributed by atoms with Crippen molar-refractivity contribution in [3.63, 3.8) is 0 Å². The maximum Gasteiger partial charge on any atom is 0.342 e. The fourth-order valence-electron chi connectivity index (χ4n) is 2.17. The van der Waals surface area contributed by atoms with Gasteiger partial charge in [0.1, 0.15) is 11.3 Å². The minimum absolute atomic E-state index is 0.0343. The summed E-state index contributed by atoms with van der Waals surface area (Å²) in [5, 5.41) is 14.6. The molecule has 0 aromatic heterocycles. The van der Waals surface area contributed by atoms with Crippen molar-refractivity contribution in [1.82, 2.24) is 5.32 Å². The Morgan fingerprint density at radius 1 is 1.00 bits per heavy atom. The lowest BCUT2D eigenvalue weighted by Gasteiger charge is -2.11. The first-order valence-corrected chi connectivity index (χ1v) is 7.96. The summed E-state index contributed by atoms with van der Waals surface area (Å²) in [4.78, 5) is 35.4. The van der Waals surface area contributed by atoms with Crippen LogP contribution in [-0.4, -0.2) is 36.0 Å². The van der Waals surface area contributed by atoms with Crippen LogP contribution >= 0.6 is 0 Å². The van der Waals surface area contributed by atoms with Gasteiger partial charge in [0.15, 0.2) is 6.61 Å². The number of hydrogen-bond acceptors (Lipinski definition) is 5. The first-order chi connectivity index (χ1) is 12.4. The van der Waals surface area contributed by atoms with Gasteiger partial charge in [-0.05, 0) is 43.2 Å². The van der Waals surface area contributed by atoms with Crippen LogP contribution < -0.4 is 10.6 Å². The number of para-hydroxylation sites is 1. The summed E-state index contributed by atoms with van der Waals surface area (Å²) >= 11 is 0. The van der Waals surface area contributed by atoms with E-state index in [1.807, 2.05) is 26.0 Å². The molecule has 26 heavy (non-hydrogen) atoms. The van der Waals surface area contributed by atoms with Crippen molar-refractivity contribution in [1.29, 1.82) is 0 Å². The number of anilines is 1. The SMILES string of the molecule is Cc1cccc(NC(=O)CNC(=O)COC(=O)c2ccccc2O)c1C. The van der Waals surface area contributed by atoms with Gasteiger partial charge in [0.2, 0.25) is 5.91 Å². The molecular formula is C19H20N2O5. The summed E-state index contributed by atoms with van der Waals surface area (Å²) in [6.07, 6.45) is 0. The van der Waals surface area contributed by atoms with Crippen LogP contribution in [0.1, 0.15) is 21.5 Å². The zero-order valence-electron chi connectivity index (χ0n) is 14.5. The molecule has 0 heterocycles. The van der Waals surface area contributed by atoms with Crippen molar-refractivity contribution in [3.8, 4) is 5.75 Å². The first kappa shape index (κ1) is 19.0. The fourth-order valence-corrected chi connectivity index (χ4v) is 2.17. The Bertz CT molecular complexity index is 832. The number of carbonyl (C=O) groups excluding carboxylic acids is 3. The summed E-state index contributed by atoms with van der Waals surface area (Å²) in [5.41, 5.74) is 2.63. The quantitative estimate of drug-likeness (QED) is 0.686. The number of amides is 2. The highest BCUT2D eigenvalue weighted by Gasteiger charge is 2.14. The molecule has 136 valence electrons. The van der Waals surface area contributed by atoms with E-state index in [1.165, 1.54) is 12.1 Å². The monoisotopic (exact) mass is 356 g/mol. The number of benzene rings is 2. The van der Waals surface area contributed by atoms with Crippen LogP contribution in [0.3, 0.4) is 0 Å². The van der Waals surface area contributed by atoms with Crippen LogP contribution in [-0.2, 0) is 14.3 Å². The average molecular weight is 356 g/mol. The minimum atomic E-state index is -0.821. The number of aryl methyl sites for hydroxylation is 1. The van der Waals surface area contributed by atoms with Crippen molar-refractivity contribution in [2.75, 3.05) is 18.5 Å². The third kappa shape index (κ3) is 5.07. The minimum Gasteiger partial charge on any atom is -0.507 e. The number of hydrogen-bond donors (Lipinski definition) is 3. The highest BCUT2D eigenvalue weighted by molar-refractivity contribution is 5.96. The van der Waals surface area contributed by atoms with Crippen LogP contribution in [0.5, 0.6) is 5.75 Å². The molecule has 0 unspecified atom stereocenters. The second-order valence-corrected chi connectivity index (χ2v) is 5.67. The maximum atomic E-state index is 11.9. The average Bonchev–Trinajstić information content (AvgIpc) is 2.62. The molecule has 0 spiro atoms. The lowest BCUT2D eigenvalue weighted by atomic mass is 10.1. The van der Waals surface area contributed by atoms with E-state index in [2.05, 4.69) is 10.6 Å². The van der Waals surface area contributed by atoms with Gasteiger partial charge in [-0.3, -0.25) is 9.59 Å². The molecule has 7 heteroatoms. The predicted octanol–water partition coefficient (Wildman–Crippen LogP) is 1.92. The maximum absolute atomic E-state index is 11.9. The molecule has 0 atom stereocenters. The van der Waals surface area contributed by atoms with Gasteiger partial charge in [0.25, 0.3) is 5.91 Å². The summed E-state index contributed by atoms with van der Waals surface area (Å²) in [5.74, 6) is -2.06. The van der Waals surface area contributed by atoms with Crippen molar-refractivity contribution < 1.29 is 24.2 Å². The Balaban J connectivity index is 1.78. The van der Waals surface area contributed by atoms with E-state index in [4.69, 9.17) is 4.74 Å². The zero-order chi connectivity index (χ0) is 19.1. The van der Waals surface area contributed by atoms with Gasteiger partial charge < -0.3 is 20.5 Å². The Labute approximate surface area is 151 Å². The van der Waals surface area contributed by atoms with Crippen LogP contribution in [0.15, 0.2) is 42.5 Å². The molecule has 2 amide bonds. The van der Waals surface area contributed by atoms with E-state index in [1.54, 1.807) is 18.2 Å². The van der Waals surface area contributed by atoms with Crippen LogP contribution in [0.25, 0.3) is 0 Å². The van der Waals surface area contributed by atoms with E-state index >= 15 is 0 Å². The molecule has 7 nitrogen and oxygen atoms in total. The van der Waals surface area contributed by atoms with Crippen molar-refractivity contribution in [2.24, 2.45) is 0 Å². The van der Waals surface area contributed by atoms with Gasteiger partial charge in [-0.15, -0.1) is 0 Å². The number of aromatic hydroxyl groups is 1. The number of phenols is 1. The second-order valence-electron chi connectivity index (χ2n) is 5.67. The first-order valence-electron chi connectivity index (χ1n) is 7.96. The lowest BCUT2D eigenvalue weighted by molar-refractivity contribution is -0.126. The largest absolute Gasteiger partial charge is 0.507 e. The Kier molecular flexibility index (Phi) is 6.32. The molecule has 2 aromatic carbocycles. The molecule has 2 aromatic rings. The van der Waals surface area contributed by atoms with Crippen molar-refractivity contribution in [2.45, 2.75) is 13.8 Å². The Morgan fingerprint density at radius 3 is 2.46 bits per heavy atom. The highest BCUT2D eigenvalue weighted by Crippen LogP contribution is 2.18. The molecule has 0 fully saturated rings. The number of esters is 1. The molecule has 0 saturated heterocycles. The number of ether oxygens (including phenoxy) is 1. The van der Waals surface area contributed by atoms with E-state index in [9.17, 15) is 19.5 Å². The van der Waals surface area contributed by atoms with Crippen molar-refractivity contribution in [3.05, 3.63) is 59.2 Å². The molecule has 2 rings (SSSR count). The van der Waals surface area contributed by atoms with Gasteiger partial charge >= 0.3 is 5.97 Å². The van der Waals surface area contributed by atoms with Gasteiger partial charge in [-0.25, -0.2) is 4.79 Å². The molecule has 0 aliphatic carbocycles. The highest BCUT2D eigenvalue weighted by atomic mass is 16.5. The second kappa shape index (κ2) is 8.66. The number of rotatable bonds is 6. The van der Waals surface area contributed by atoms with Gasteiger partial charge in [-0.1, -0.05) is 24.3 Å². The molecule has 0 saturated carbocycles. The normalized spacial score (nSPS) is 10.1. The van der Waals surface area contributed by atoms with Gasteiger partial charge in [0.05, 0.1) is 6.54 Å². The summed E-state index contributed by atoms with van der Waals surface area (Å²) in [6.45, 7) is 3.03. The molecular weight excluding hydrogens is 336 g/mol. The fraction of sp³-hybridized carbons (Fsp3) is 0.211. The van der Waals surface area contributed by atoms with Crippen LogP contribution in [0.2, 0.25) is 0 Å². The van der Waals surface area contributed by atoms with Gasteiger partial charge in [0, 0.05) is 5.69 Å². The predicted molar refractivity (Wildman–Crippen MR) is 95.9 cm³/mol. The molecule has 0 aliphatic rings. The van der Waals surface area contributed by atoms with Crippen LogP contribution in [0, 0.1) is 13.8 Å². The molecule has 0 bridgehead atoms. The Morgan fingerprint density at radius 2 is 1.73 bits per heavy atom. The zero-order valence-corrected chi connectivity index (χ0v) is 14.5. The third-order valence-electron chi connectivity index (χ3n) is 3.78. The number of phenolic OH excluding ortho intramolecular Hbond substituents is 1. The molecule has 3 N–H and O–H groups in total. The van der Waals surface area contributed by atoms with E-state index < -0.39 is 18.5 Å². The third-order valence-corrected chi connectivity index (χ3v) is 3.78. The number of carbonyl (C=O) groups is 3. The smallest absolute Gasteiger partial charge is 0.342 e. The molecule has 0 aliphatic heterocycles. The summed E-state index contributed by atoms with van der Waals surface area (Å²) in [6, 6.07) is 11.4. The standard InChI is InChI=1S/C19H20N2O5/c1-12-6-5-8-15(13(12)2)21-17(23)10-20-18(24)11-26-19(25)14-7-3-4-9-16(14)22/h3-9,22H,10-11H2,1-2H3,(H,20,24)(H,21,23).